The summed E-state index contributed by atoms with van der Waals surface area (Å²) in [6.07, 6.45) is 9.49. The third kappa shape index (κ3) is 4.52. The molecule has 0 aliphatic heterocycles. The van der Waals surface area contributed by atoms with E-state index < -0.39 is 10.0 Å². The number of nitrogens with zero attached hydrogens (tertiary/aromatic N) is 1. The lowest BCUT2D eigenvalue weighted by molar-refractivity contribution is -0.120. The first-order chi connectivity index (χ1) is 15.5. The van der Waals surface area contributed by atoms with Crippen molar-refractivity contribution in [2.45, 2.75) is 62.7 Å². The van der Waals surface area contributed by atoms with Crippen LogP contribution >= 0.6 is 11.3 Å². The van der Waals surface area contributed by atoms with E-state index >= 15 is 0 Å². The number of rotatable bonds is 5. The maximum Gasteiger partial charge on any atom is 0.261 e. The number of aryl methyl sites for hydroxylation is 2. The van der Waals surface area contributed by atoms with Crippen LogP contribution < -0.4 is 10.0 Å². The Morgan fingerprint density at radius 1 is 0.938 bits per heavy atom. The van der Waals surface area contributed by atoms with E-state index in [1.807, 2.05) is 12.1 Å². The minimum atomic E-state index is -3.69. The standard InChI is InChI=1S/C24H27N3O3S2/c28-23(17-7-2-1-3-8-17)26-24-25-21-15-19(11-13-22(21)31-24)27-32(29,30)20-12-10-16-6-4-5-9-18(16)14-20/h10-15,17,27H,1-9H2,(H,25,26,28). The van der Waals surface area contributed by atoms with E-state index in [-0.39, 0.29) is 16.7 Å². The zero-order valence-corrected chi connectivity index (χ0v) is 19.5. The zero-order valence-electron chi connectivity index (χ0n) is 17.9. The third-order valence-corrected chi connectivity index (χ3v) is 8.81. The molecule has 168 valence electrons. The average Bonchev–Trinajstić information content (AvgIpc) is 3.20. The maximum atomic E-state index is 13.0. The van der Waals surface area contributed by atoms with E-state index in [2.05, 4.69) is 15.0 Å². The lowest BCUT2D eigenvalue weighted by Crippen LogP contribution is -2.24. The Kier molecular flexibility index (Phi) is 5.90. The van der Waals surface area contributed by atoms with Crippen LogP contribution in [-0.4, -0.2) is 19.3 Å². The van der Waals surface area contributed by atoms with Gasteiger partial charge in [0.05, 0.1) is 20.8 Å². The fourth-order valence-electron chi connectivity index (χ4n) is 4.71. The van der Waals surface area contributed by atoms with Gasteiger partial charge < -0.3 is 5.32 Å². The summed E-state index contributed by atoms with van der Waals surface area (Å²) in [7, 11) is -3.69. The van der Waals surface area contributed by atoms with Gasteiger partial charge in [0.25, 0.3) is 10.0 Å². The molecule has 5 rings (SSSR count). The molecule has 0 unspecified atom stereocenters. The highest BCUT2D eigenvalue weighted by Crippen LogP contribution is 2.31. The van der Waals surface area contributed by atoms with Gasteiger partial charge in [0.15, 0.2) is 5.13 Å². The highest BCUT2D eigenvalue weighted by molar-refractivity contribution is 7.92. The van der Waals surface area contributed by atoms with E-state index in [9.17, 15) is 13.2 Å². The predicted octanol–water partition coefficient (Wildman–Crippen LogP) is 5.49. The van der Waals surface area contributed by atoms with E-state index in [0.717, 1.165) is 61.6 Å². The number of hydrogen-bond donors (Lipinski definition) is 2. The van der Waals surface area contributed by atoms with Crippen molar-refractivity contribution in [1.29, 1.82) is 0 Å². The van der Waals surface area contributed by atoms with Crippen molar-refractivity contribution in [3.05, 3.63) is 47.5 Å². The molecule has 1 fully saturated rings. The molecule has 2 aromatic carbocycles. The molecule has 2 aliphatic rings. The molecule has 32 heavy (non-hydrogen) atoms. The molecule has 0 saturated heterocycles. The van der Waals surface area contributed by atoms with Crippen LogP contribution in [0.1, 0.15) is 56.1 Å². The van der Waals surface area contributed by atoms with Gasteiger partial charge >= 0.3 is 0 Å². The van der Waals surface area contributed by atoms with Gasteiger partial charge in [0.1, 0.15) is 0 Å². The van der Waals surface area contributed by atoms with Crippen LogP contribution in [0.3, 0.4) is 0 Å². The van der Waals surface area contributed by atoms with Crippen molar-refractivity contribution in [1.82, 2.24) is 4.98 Å². The molecule has 1 amide bonds. The number of amides is 1. The molecule has 6 nitrogen and oxygen atoms in total. The average molecular weight is 470 g/mol. The number of sulfonamides is 1. The Morgan fingerprint density at radius 3 is 2.53 bits per heavy atom. The summed E-state index contributed by atoms with van der Waals surface area (Å²) in [4.78, 5) is 17.3. The molecule has 0 atom stereocenters. The largest absolute Gasteiger partial charge is 0.302 e. The van der Waals surface area contributed by atoms with Gasteiger partial charge in [-0.2, -0.15) is 0 Å². The van der Waals surface area contributed by atoms with Crippen molar-refractivity contribution in [3.8, 4) is 0 Å². The normalized spacial score (nSPS) is 17.1. The minimum absolute atomic E-state index is 0.0390. The lowest BCUT2D eigenvalue weighted by Gasteiger charge is -2.19. The van der Waals surface area contributed by atoms with Crippen LogP contribution in [0.15, 0.2) is 41.3 Å². The number of carbonyl (C=O) groups is 1. The summed E-state index contributed by atoms with van der Waals surface area (Å²) < 4.78 is 29.5. The maximum absolute atomic E-state index is 13.0. The van der Waals surface area contributed by atoms with Crippen LogP contribution in [0.5, 0.6) is 0 Å². The fraction of sp³-hybridized carbons (Fsp3) is 0.417. The fourth-order valence-corrected chi connectivity index (χ4v) is 6.66. The number of carbonyl (C=O) groups excluding carboxylic acids is 1. The summed E-state index contributed by atoms with van der Waals surface area (Å²) in [5.41, 5.74) is 3.51. The predicted molar refractivity (Wildman–Crippen MR) is 129 cm³/mol. The Morgan fingerprint density at radius 2 is 1.72 bits per heavy atom. The summed E-state index contributed by atoms with van der Waals surface area (Å²) in [6.45, 7) is 0. The van der Waals surface area contributed by atoms with Gasteiger partial charge in [-0.25, -0.2) is 13.4 Å². The number of anilines is 2. The van der Waals surface area contributed by atoms with E-state index in [1.54, 1.807) is 24.3 Å². The van der Waals surface area contributed by atoms with Crippen molar-refractivity contribution in [2.75, 3.05) is 10.0 Å². The molecular formula is C24H27N3O3S2. The number of aromatic nitrogens is 1. The van der Waals surface area contributed by atoms with Crippen molar-refractivity contribution >= 4 is 48.3 Å². The van der Waals surface area contributed by atoms with Gasteiger partial charge in [0, 0.05) is 5.92 Å². The second kappa shape index (κ2) is 8.83. The smallest absolute Gasteiger partial charge is 0.261 e. The molecule has 1 saturated carbocycles. The lowest BCUT2D eigenvalue weighted by atomic mass is 9.89. The van der Waals surface area contributed by atoms with Gasteiger partial charge in [-0.05, 0) is 80.0 Å². The van der Waals surface area contributed by atoms with Gasteiger partial charge in [-0.15, -0.1) is 0 Å². The van der Waals surface area contributed by atoms with Gasteiger partial charge in [0.2, 0.25) is 5.91 Å². The molecule has 0 spiro atoms. The second-order valence-corrected chi connectivity index (χ2v) is 11.5. The van der Waals surface area contributed by atoms with Gasteiger partial charge in [-0.3, -0.25) is 9.52 Å². The molecule has 2 aliphatic carbocycles. The molecule has 8 heteroatoms. The highest BCUT2D eigenvalue weighted by atomic mass is 32.2. The van der Waals surface area contributed by atoms with Crippen LogP contribution in [0.25, 0.3) is 10.2 Å². The van der Waals surface area contributed by atoms with Crippen LogP contribution in [0, 0.1) is 5.92 Å². The number of hydrogen-bond acceptors (Lipinski definition) is 5. The Balaban J connectivity index is 1.33. The topological polar surface area (TPSA) is 88.2 Å². The SMILES string of the molecule is O=C(Nc1nc2cc(NS(=O)(=O)c3ccc4c(c3)CCCC4)ccc2s1)C1CCCCC1. The van der Waals surface area contributed by atoms with E-state index in [4.69, 9.17) is 0 Å². The monoisotopic (exact) mass is 469 g/mol. The quantitative estimate of drug-likeness (QED) is 0.517. The Hall–Kier alpha value is -2.45. The summed E-state index contributed by atoms with van der Waals surface area (Å²) in [5, 5.41) is 3.51. The number of thiazole rings is 1. The Labute approximate surface area is 192 Å². The molecule has 1 heterocycles. The molecule has 3 aromatic rings. The number of nitrogens with one attached hydrogen (secondary N) is 2. The molecule has 0 radical (unpaired) electrons. The van der Waals surface area contributed by atoms with Crippen LogP contribution in [-0.2, 0) is 27.7 Å². The van der Waals surface area contributed by atoms with Crippen molar-refractivity contribution < 1.29 is 13.2 Å². The van der Waals surface area contributed by atoms with Crippen LogP contribution in [0.4, 0.5) is 10.8 Å². The molecular weight excluding hydrogens is 442 g/mol. The summed E-state index contributed by atoms with van der Waals surface area (Å²) in [6, 6.07) is 10.7. The Bertz CT molecular complexity index is 1260. The highest BCUT2D eigenvalue weighted by Gasteiger charge is 2.22. The van der Waals surface area contributed by atoms with Crippen LogP contribution in [0.2, 0.25) is 0 Å². The summed E-state index contributed by atoms with van der Waals surface area (Å²) in [5.74, 6) is 0.104. The number of benzene rings is 2. The van der Waals surface area contributed by atoms with E-state index in [0.29, 0.717) is 16.3 Å². The van der Waals surface area contributed by atoms with Gasteiger partial charge in [-0.1, -0.05) is 36.7 Å². The molecule has 2 N–H and O–H groups in total. The first-order valence-electron chi connectivity index (χ1n) is 11.3. The molecule has 1 aromatic heterocycles. The number of fused-ring (bicyclic) bond motifs is 2. The van der Waals surface area contributed by atoms with Crippen molar-refractivity contribution in [2.24, 2.45) is 5.92 Å². The minimum Gasteiger partial charge on any atom is -0.302 e. The summed E-state index contributed by atoms with van der Waals surface area (Å²) >= 11 is 1.41. The molecule has 0 bridgehead atoms. The first-order valence-corrected chi connectivity index (χ1v) is 13.6. The second-order valence-electron chi connectivity index (χ2n) is 8.77. The van der Waals surface area contributed by atoms with E-state index in [1.165, 1.54) is 23.3 Å². The first kappa shape index (κ1) is 21.4. The van der Waals surface area contributed by atoms with Crippen molar-refractivity contribution in [3.63, 3.8) is 0 Å². The zero-order chi connectivity index (χ0) is 22.1. The third-order valence-electron chi connectivity index (χ3n) is 6.48.